The van der Waals surface area contributed by atoms with Crippen LogP contribution in [0, 0.1) is 5.92 Å². The first kappa shape index (κ1) is 13.9. The lowest BCUT2D eigenvalue weighted by molar-refractivity contribution is -0.139. The molecule has 0 bridgehead atoms. The molecule has 1 amide bonds. The lowest BCUT2D eigenvalue weighted by atomic mass is 10.2. The lowest BCUT2D eigenvalue weighted by Gasteiger charge is -2.22. The maximum atomic E-state index is 12.1. The molecule has 1 aromatic carbocycles. The summed E-state index contributed by atoms with van der Waals surface area (Å²) in [6.45, 7) is 0.609. The molecule has 0 radical (unpaired) electrons. The van der Waals surface area contributed by atoms with Crippen molar-refractivity contribution >= 4 is 23.5 Å². The van der Waals surface area contributed by atoms with Gasteiger partial charge in [0.2, 0.25) is 5.91 Å². The van der Waals surface area contributed by atoms with Gasteiger partial charge in [-0.1, -0.05) is 29.8 Å². The van der Waals surface area contributed by atoms with E-state index in [1.165, 1.54) is 0 Å². The average Bonchev–Trinajstić information content (AvgIpc) is 3.19. The van der Waals surface area contributed by atoms with Crippen molar-refractivity contribution in [1.82, 2.24) is 4.90 Å². The summed E-state index contributed by atoms with van der Waals surface area (Å²) in [5, 5.41) is 9.36. The van der Waals surface area contributed by atoms with Crippen LogP contribution in [0.4, 0.5) is 0 Å². The molecule has 2 rings (SSSR count). The fourth-order valence-corrected chi connectivity index (χ4v) is 2.11. The van der Waals surface area contributed by atoms with Gasteiger partial charge in [0.15, 0.2) is 0 Å². The zero-order valence-corrected chi connectivity index (χ0v) is 11.3. The van der Waals surface area contributed by atoms with E-state index in [0.29, 0.717) is 11.6 Å². The van der Waals surface area contributed by atoms with Crippen molar-refractivity contribution in [3.63, 3.8) is 0 Å². The molecule has 19 heavy (non-hydrogen) atoms. The monoisotopic (exact) mass is 281 g/mol. The molecule has 0 heterocycles. The van der Waals surface area contributed by atoms with Crippen molar-refractivity contribution in [1.29, 1.82) is 0 Å². The Hall–Kier alpha value is -1.55. The standard InChI is InChI=1S/C14H16ClNO3/c15-12-4-2-1-3-11(12)9-16(8-7-13(17)18)14(19)10-5-6-10/h1-4,10H,5-9H2,(H,17,18). The number of carbonyl (C=O) groups is 2. The summed E-state index contributed by atoms with van der Waals surface area (Å²) >= 11 is 6.08. The highest BCUT2D eigenvalue weighted by Gasteiger charge is 2.33. The summed E-state index contributed by atoms with van der Waals surface area (Å²) in [6, 6.07) is 7.32. The van der Waals surface area contributed by atoms with Crippen molar-refractivity contribution in [2.75, 3.05) is 6.54 Å². The minimum Gasteiger partial charge on any atom is -0.481 e. The first-order chi connectivity index (χ1) is 9.08. The molecule has 0 aliphatic heterocycles. The van der Waals surface area contributed by atoms with Gasteiger partial charge in [0.25, 0.3) is 0 Å². The van der Waals surface area contributed by atoms with Crippen molar-refractivity contribution < 1.29 is 14.7 Å². The van der Waals surface area contributed by atoms with Crippen LogP contribution in [-0.2, 0) is 16.1 Å². The van der Waals surface area contributed by atoms with E-state index in [4.69, 9.17) is 16.7 Å². The van der Waals surface area contributed by atoms with Gasteiger partial charge < -0.3 is 10.0 Å². The largest absolute Gasteiger partial charge is 0.481 e. The number of rotatable bonds is 6. The zero-order chi connectivity index (χ0) is 13.8. The van der Waals surface area contributed by atoms with Crippen molar-refractivity contribution in [3.8, 4) is 0 Å². The molecule has 1 N–H and O–H groups in total. The smallest absolute Gasteiger partial charge is 0.305 e. The molecule has 1 aromatic rings. The number of hydrogen-bond donors (Lipinski definition) is 1. The van der Waals surface area contributed by atoms with Crippen LogP contribution in [0.1, 0.15) is 24.8 Å². The second-order valence-electron chi connectivity index (χ2n) is 4.77. The van der Waals surface area contributed by atoms with E-state index in [2.05, 4.69) is 0 Å². The topological polar surface area (TPSA) is 57.6 Å². The molecule has 0 aromatic heterocycles. The van der Waals surface area contributed by atoms with Crippen molar-refractivity contribution in [2.24, 2.45) is 5.92 Å². The van der Waals surface area contributed by atoms with E-state index in [1.807, 2.05) is 18.2 Å². The molecular weight excluding hydrogens is 266 g/mol. The van der Waals surface area contributed by atoms with Gasteiger partial charge in [-0.3, -0.25) is 9.59 Å². The quantitative estimate of drug-likeness (QED) is 0.872. The first-order valence-corrected chi connectivity index (χ1v) is 6.69. The predicted octanol–water partition coefficient (Wildman–Crippen LogP) is 2.55. The number of halogens is 1. The summed E-state index contributed by atoms with van der Waals surface area (Å²) in [4.78, 5) is 24.4. The number of carbonyl (C=O) groups excluding carboxylic acids is 1. The van der Waals surface area contributed by atoms with Gasteiger partial charge >= 0.3 is 5.97 Å². The summed E-state index contributed by atoms with van der Waals surface area (Å²) in [5.41, 5.74) is 0.851. The predicted molar refractivity (Wildman–Crippen MR) is 71.8 cm³/mol. The minimum atomic E-state index is -0.896. The van der Waals surface area contributed by atoms with Crippen LogP contribution in [-0.4, -0.2) is 28.4 Å². The van der Waals surface area contributed by atoms with Crippen LogP contribution in [0.15, 0.2) is 24.3 Å². The molecule has 1 saturated carbocycles. The van der Waals surface area contributed by atoms with Gasteiger partial charge in [-0.05, 0) is 24.5 Å². The molecule has 0 saturated heterocycles. The second kappa shape index (κ2) is 6.06. The number of carboxylic acid groups (broad SMARTS) is 1. The van der Waals surface area contributed by atoms with Crippen LogP contribution in [0.5, 0.6) is 0 Å². The van der Waals surface area contributed by atoms with Gasteiger partial charge in [0.05, 0.1) is 6.42 Å². The van der Waals surface area contributed by atoms with E-state index in [9.17, 15) is 9.59 Å². The fourth-order valence-electron chi connectivity index (χ4n) is 1.92. The summed E-state index contributed by atoms with van der Waals surface area (Å²) in [5.74, 6) is -0.773. The Morgan fingerprint density at radius 3 is 2.58 bits per heavy atom. The van der Waals surface area contributed by atoms with Crippen LogP contribution >= 0.6 is 11.6 Å². The molecule has 0 atom stereocenters. The number of carboxylic acids is 1. The zero-order valence-electron chi connectivity index (χ0n) is 10.5. The van der Waals surface area contributed by atoms with Crippen molar-refractivity contribution in [3.05, 3.63) is 34.9 Å². The number of hydrogen-bond acceptors (Lipinski definition) is 2. The van der Waals surface area contributed by atoms with Gasteiger partial charge in [-0.2, -0.15) is 0 Å². The maximum absolute atomic E-state index is 12.1. The third kappa shape index (κ3) is 3.96. The third-order valence-corrected chi connectivity index (χ3v) is 3.52. The number of benzene rings is 1. The Kier molecular flexibility index (Phi) is 4.43. The van der Waals surface area contributed by atoms with Gasteiger partial charge in [0, 0.05) is 24.0 Å². The molecule has 0 spiro atoms. The Morgan fingerprint density at radius 1 is 1.32 bits per heavy atom. The van der Waals surface area contributed by atoms with E-state index >= 15 is 0 Å². The van der Waals surface area contributed by atoms with Crippen LogP contribution < -0.4 is 0 Å². The molecule has 5 heteroatoms. The second-order valence-corrected chi connectivity index (χ2v) is 5.18. The van der Waals surface area contributed by atoms with E-state index in [-0.39, 0.29) is 24.8 Å². The molecule has 4 nitrogen and oxygen atoms in total. The minimum absolute atomic E-state index is 0.0388. The molecule has 1 fully saturated rings. The summed E-state index contributed by atoms with van der Waals surface area (Å²) in [6.07, 6.45) is 1.78. The van der Waals surface area contributed by atoms with Crippen molar-refractivity contribution in [2.45, 2.75) is 25.8 Å². The molecule has 0 unspecified atom stereocenters. The molecule has 102 valence electrons. The third-order valence-electron chi connectivity index (χ3n) is 3.15. The Labute approximate surface area is 117 Å². The van der Waals surface area contributed by atoms with E-state index in [1.54, 1.807) is 11.0 Å². The van der Waals surface area contributed by atoms with Crippen LogP contribution in [0.2, 0.25) is 5.02 Å². The highest BCUT2D eigenvalue weighted by Crippen LogP contribution is 2.32. The van der Waals surface area contributed by atoms with E-state index < -0.39 is 5.97 Å². The van der Waals surface area contributed by atoms with Gasteiger partial charge in [-0.15, -0.1) is 0 Å². The normalized spacial score (nSPS) is 14.2. The summed E-state index contributed by atoms with van der Waals surface area (Å²) in [7, 11) is 0. The Morgan fingerprint density at radius 2 is 2.00 bits per heavy atom. The van der Waals surface area contributed by atoms with Gasteiger partial charge in [0.1, 0.15) is 0 Å². The summed E-state index contributed by atoms with van der Waals surface area (Å²) < 4.78 is 0. The maximum Gasteiger partial charge on any atom is 0.305 e. The number of aliphatic carboxylic acids is 1. The molecular formula is C14H16ClNO3. The lowest BCUT2D eigenvalue weighted by Crippen LogP contribution is -2.33. The molecule has 1 aliphatic rings. The highest BCUT2D eigenvalue weighted by atomic mass is 35.5. The van der Waals surface area contributed by atoms with E-state index in [0.717, 1.165) is 18.4 Å². The average molecular weight is 282 g/mol. The fraction of sp³-hybridized carbons (Fsp3) is 0.429. The molecule has 1 aliphatic carbocycles. The number of amides is 1. The Bertz CT molecular complexity index is 485. The number of nitrogens with zero attached hydrogens (tertiary/aromatic N) is 1. The Balaban J connectivity index is 2.06. The SMILES string of the molecule is O=C(O)CCN(Cc1ccccc1Cl)C(=O)C1CC1. The van der Waals surface area contributed by atoms with Gasteiger partial charge in [-0.25, -0.2) is 0 Å². The van der Waals surface area contributed by atoms with Crippen LogP contribution in [0.25, 0.3) is 0 Å². The van der Waals surface area contributed by atoms with Crippen LogP contribution in [0.3, 0.4) is 0 Å². The highest BCUT2D eigenvalue weighted by molar-refractivity contribution is 6.31. The first-order valence-electron chi connectivity index (χ1n) is 6.32.